The van der Waals surface area contributed by atoms with Crippen LogP contribution >= 0.6 is 0 Å². The SMILES string of the molecule is COc1cccc(CNC(=O)/C=C/c2ccc(S(=O)(=O)N3CCOCC3)cc2)c1. The lowest BCUT2D eigenvalue weighted by molar-refractivity contribution is -0.116. The highest BCUT2D eigenvalue weighted by Gasteiger charge is 2.25. The molecule has 0 bridgehead atoms. The molecule has 2 aromatic rings. The zero-order valence-corrected chi connectivity index (χ0v) is 17.0. The molecule has 1 amide bonds. The molecule has 2 aromatic carbocycles. The summed E-state index contributed by atoms with van der Waals surface area (Å²) in [5.74, 6) is 0.497. The van der Waals surface area contributed by atoms with Crippen LogP contribution in [0.5, 0.6) is 5.75 Å². The van der Waals surface area contributed by atoms with Crippen LogP contribution in [0.4, 0.5) is 0 Å². The molecule has 1 fully saturated rings. The summed E-state index contributed by atoms with van der Waals surface area (Å²) in [5, 5.41) is 2.80. The van der Waals surface area contributed by atoms with Crippen LogP contribution in [0.25, 0.3) is 6.08 Å². The number of amides is 1. The van der Waals surface area contributed by atoms with E-state index >= 15 is 0 Å². The summed E-state index contributed by atoms with van der Waals surface area (Å²) in [6.45, 7) is 1.92. The van der Waals surface area contributed by atoms with Gasteiger partial charge in [0.15, 0.2) is 0 Å². The highest BCUT2D eigenvalue weighted by Crippen LogP contribution is 2.18. The maximum Gasteiger partial charge on any atom is 0.244 e. The van der Waals surface area contributed by atoms with Gasteiger partial charge < -0.3 is 14.8 Å². The van der Waals surface area contributed by atoms with Gasteiger partial charge in [0.1, 0.15) is 5.75 Å². The van der Waals surface area contributed by atoms with E-state index in [4.69, 9.17) is 9.47 Å². The number of carbonyl (C=O) groups is 1. The number of nitrogens with zero attached hydrogens (tertiary/aromatic N) is 1. The number of morpholine rings is 1. The summed E-state index contributed by atoms with van der Waals surface area (Å²) in [6, 6.07) is 13.9. The number of rotatable bonds is 7. The fraction of sp³-hybridized carbons (Fsp3) is 0.286. The molecule has 1 saturated heterocycles. The third-order valence-corrected chi connectivity index (χ3v) is 6.43. The second-order valence-electron chi connectivity index (χ2n) is 6.49. The number of carbonyl (C=O) groups excluding carboxylic acids is 1. The Morgan fingerprint density at radius 1 is 1.17 bits per heavy atom. The number of benzene rings is 2. The standard InChI is InChI=1S/C21H24N2O5S/c1-27-19-4-2-3-18(15-19)16-22-21(24)10-7-17-5-8-20(9-6-17)29(25,26)23-11-13-28-14-12-23/h2-10,15H,11-14,16H2,1H3,(H,22,24)/b10-7+. The van der Waals surface area contributed by atoms with Gasteiger partial charge in [-0.3, -0.25) is 4.79 Å². The van der Waals surface area contributed by atoms with Crippen LogP contribution in [0.2, 0.25) is 0 Å². The lowest BCUT2D eigenvalue weighted by Crippen LogP contribution is -2.40. The number of ether oxygens (including phenoxy) is 2. The van der Waals surface area contributed by atoms with Crippen molar-refractivity contribution >= 4 is 22.0 Å². The van der Waals surface area contributed by atoms with Crippen LogP contribution in [0.15, 0.2) is 59.5 Å². The van der Waals surface area contributed by atoms with Crippen molar-refractivity contribution < 1.29 is 22.7 Å². The first-order valence-corrected chi connectivity index (χ1v) is 10.7. The van der Waals surface area contributed by atoms with E-state index in [0.29, 0.717) is 32.8 Å². The summed E-state index contributed by atoms with van der Waals surface area (Å²) >= 11 is 0. The van der Waals surface area contributed by atoms with Gasteiger partial charge in [0.25, 0.3) is 0 Å². The summed E-state index contributed by atoms with van der Waals surface area (Å²) in [5.41, 5.74) is 1.67. The van der Waals surface area contributed by atoms with Gasteiger partial charge in [0, 0.05) is 25.7 Å². The third-order valence-electron chi connectivity index (χ3n) is 4.52. The van der Waals surface area contributed by atoms with Crippen molar-refractivity contribution in [2.75, 3.05) is 33.4 Å². The topological polar surface area (TPSA) is 84.9 Å². The number of methoxy groups -OCH3 is 1. The normalized spacial score (nSPS) is 15.3. The minimum Gasteiger partial charge on any atom is -0.497 e. The highest BCUT2D eigenvalue weighted by atomic mass is 32.2. The first-order chi connectivity index (χ1) is 14.0. The van der Waals surface area contributed by atoms with E-state index in [1.807, 2.05) is 24.3 Å². The predicted octanol–water partition coefficient (Wildman–Crippen LogP) is 2.05. The van der Waals surface area contributed by atoms with Crippen LogP contribution < -0.4 is 10.1 Å². The van der Waals surface area contributed by atoms with Gasteiger partial charge in [-0.1, -0.05) is 24.3 Å². The van der Waals surface area contributed by atoms with Gasteiger partial charge in [0.2, 0.25) is 15.9 Å². The summed E-state index contributed by atoms with van der Waals surface area (Å²) < 4.78 is 37.0. The average Bonchev–Trinajstić information content (AvgIpc) is 2.77. The van der Waals surface area contributed by atoms with E-state index < -0.39 is 10.0 Å². The maximum atomic E-state index is 12.6. The summed E-state index contributed by atoms with van der Waals surface area (Å²) in [6.07, 6.45) is 3.07. The monoisotopic (exact) mass is 416 g/mol. The van der Waals surface area contributed by atoms with E-state index in [9.17, 15) is 13.2 Å². The van der Waals surface area contributed by atoms with Crippen LogP contribution in [0.3, 0.4) is 0 Å². The summed E-state index contributed by atoms with van der Waals surface area (Å²) in [7, 11) is -1.92. The van der Waals surface area contributed by atoms with Gasteiger partial charge in [-0.25, -0.2) is 8.42 Å². The van der Waals surface area contributed by atoms with Crippen molar-refractivity contribution in [1.82, 2.24) is 9.62 Å². The Bertz CT molecular complexity index is 965. The molecule has 0 radical (unpaired) electrons. The Labute approximate surface area is 171 Å². The molecule has 1 aliphatic rings. The number of hydrogen-bond donors (Lipinski definition) is 1. The predicted molar refractivity (Wildman–Crippen MR) is 110 cm³/mol. The van der Waals surface area contributed by atoms with Crippen molar-refractivity contribution in [2.24, 2.45) is 0 Å². The van der Waals surface area contributed by atoms with E-state index in [0.717, 1.165) is 16.9 Å². The van der Waals surface area contributed by atoms with Crippen LogP contribution in [0.1, 0.15) is 11.1 Å². The summed E-state index contributed by atoms with van der Waals surface area (Å²) in [4.78, 5) is 12.3. The molecule has 3 rings (SSSR count). The van der Waals surface area contributed by atoms with Gasteiger partial charge in [0.05, 0.1) is 25.2 Å². The minimum atomic E-state index is -3.52. The Hall–Kier alpha value is -2.68. The molecule has 1 heterocycles. The third kappa shape index (κ3) is 5.66. The second-order valence-corrected chi connectivity index (χ2v) is 8.43. The van der Waals surface area contributed by atoms with Crippen molar-refractivity contribution in [3.63, 3.8) is 0 Å². The molecule has 1 N–H and O–H groups in total. The number of hydrogen-bond acceptors (Lipinski definition) is 5. The zero-order valence-electron chi connectivity index (χ0n) is 16.2. The molecule has 0 spiro atoms. The molecular formula is C21H24N2O5S. The van der Waals surface area contributed by atoms with Crippen LogP contribution in [-0.4, -0.2) is 52.0 Å². The molecule has 0 saturated carbocycles. The minimum absolute atomic E-state index is 0.235. The second kappa shape index (κ2) is 9.69. The fourth-order valence-electron chi connectivity index (χ4n) is 2.89. The van der Waals surface area contributed by atoms with Gasteiger partial charge in [-0.15, -0.1) is 0 Å². The van der Waals surface area contributed by atoms with Crippen molar-refractivity contribution in [1.29, 1.82) is 0 Å². The van der Waals surface area contributed by atoms with Gasteiger partial charge in [-0.2, -0.15) is 4.31 Å². The molecule has 0 aliphatic carbocycles. The van der Waals surface area contributed by atoms with Crippen molar-refractivity contribution in [3.8, 4) is 5.75 Å². The molecule has 0 unspecified atom stereocenters. The first kappa shape index (κ1) is 21.0. The van der Waals surface area contributed by atoms with Crippen molar-refractivity contribution in [3.05, 3.63) is 65.7 Å². The van der Waals surface area contributed by atoms with E-state index in [1.54, 1.807) is 37.5 Å². The lowest BCUT2D eigenvalue weighted by Gasteiger charge is -2.26. The Morgan fingerprint density at radius 3 is 2.59 bits per heavy atom. The van der Waals surface area contributed by atoms with Crippen LogP contribution in [-0.2, 0) is 26.1 Å². The Morgan fingerprint density at radius 2 is 1.90 bits per heavy atom. The molecular weight excluding hydrogens is 392 g/mol. The largest absolute Gasteiger partial charge is 0.497 e. The average molecular weight is 416 g/mol. The van der Waals surface area contributed by atoms with E-state index in [1.165, 1.54) is 10.4 Å². The maximum absolute atomic E-state index is 12.6. The molecule has 0 aromatic heterocycles. The quantitative estimate of drug-likeness (QED) is 0.699. The van der Waals surface area contributed by atoms with Crippen molar-refractivity contribution in [2.45, 2.75) is 11.4 Å². The molecule has 0 atom stereocenters. The molecule has 1 aliphatic heterocycles. The van der Waals surface area contributed by atoms with E-state index in [2.05, 4.69) is 5.32 Å². The molecule has 154 valence electrons. The highest BCUT2D eigenvalue weighted by molar-refractivity contribution is 7.89. The Balaban J connectivity index is 1.57. The van der Waals surface area contributed by atoms with Gasteiger partial charge >= 0.3 is 0 Å². The first-order valence-electron chi connectivity index (χ1n) is 9.26. The fourth-order valence-corrected chi connectivity index (χ4v) is 4.30. The number of sulfonamides is 1. The van der Waals surface area contributed by atoms with E-state index in [-0.39, 0.29) is 10.8 Å². The number of nitrogens with one attached hydrogen (secondary N) is 1. The smallest absolute Gasteiger partial charge is 0.244 e. The molecule has 29 heavy (non-hydrogen) atoms. The molecule has 7 nitrogen and oxygen atoms in total. The Kier molecular flexibility index (Phi) is 7.03. The van der Waals surface area contributed by atoms with Gasteiger partial charge in [-0.05, 0) is 41.5 Å². The zero-order chi connectivity index (χ0) is 20.7. The molecule has 8 heteroatoms. The van der Waals surface area contributed by atoms with Crippen LogP contribution in [0, 0.1) is 0 Å². The lowest BCUT2D eigenvalue weighted by atomic mass is 10.2.